The first kappa shape index (κ1) is 16.0. The van der Waals surface area contributed by atoms with Crippen LogP contribution in [0.25, 0.3) is 0 Å². The molecule has 19 heavy (non-hydrogen) atoms. The van der Waals surface area contributed by atoms with Crippen LogP contribution in [0.15, 0.2) is 12.1 Å². The number of hydrogen-bond donors (Lipinski definition) is 1. The van der Waals surface area contributed by atoms with Crippen LogP contribution in [0, 0.1) is 20.8 Å². The van der Waals surface area contributed by atoms with Crippen LogP contribution < -0.4 is 10.5 Å². The largest absolute Gasteiger partial charge is 0.493 e. The van der Waals surface area contributed by atoms with Gasteiger partial charge in [-0.3, -0.25) is 0 Å². The molecular formula is C16H27NO2. The van der Waals surface area contributed by atoms with E-state index in [9.17, 15) is 0 Å². The van der Waals surface area contributed by atoms with Crippen molar-refractivity contribution in [1.82, 2.24) is 0 Å². The molecule has 1 atom stereocenters. The van der Waals surface area contributed by atoms with Crippen molar-refractivity contribution in [1.29, 1.82) is 0 Å². The van der Waals surface area contributed by atoms with Crippen molar-refractivity contribution in [3.8, 4) is 5.75 Å². The summed E-state index contributed by atoms with van der Waals surface area (Å²) < 4.78 is 11.3. The van der Waals surface area contributed by atoms with Crippen LogP contribution in [0.5, 0.6) is 5.75 Å². The van der Waals surface area contributed by atoms with Crippen LogP contribution in [-0.4, -0.2) is 25.9 Å². The van der Waals surface area contributed by atoms with Gasteiger partial charge in [-0.25, -0.2) is 0 Å². The van der Waals surface area contributed by atoms with Gasteiger partial charge in [0.25, 0.3) is 0 Å². The molecule has 0 heterocycles. The van der Waals surface area contributed by atoms with Crippen molar-refractivity contribution >= 4 is 0 Å². The van der Waals surface area contributed by atoms with Crippen LogP contribution in [0.3, 0.4) is 0 Å². The zero-order chi connectivity index (χ0) is 14.3. The molecule has 0 aliphatic carbocycles. The summed E-state index contributed by atoms with van der Waals surface area (Å²) in [6, 6.07) is 4.46. The zero-order valence-electron chi connectivity index (χ0n) is 12.7. The second kappa shape index (κ2) is 8.18. The van der Waals surface area contributed by atoms with Crippen molar-refractivity contribution in [3.05, 3.63) is 28.8 Å². The van der Waals surface area contributed by atoms with Crippen molar-refractivity contribution in [2.45, 2.75) is 46.6 Å². The van der Waals surface area contributed by atoms with E-state index in [1.165, 1.54) is 16.7 Å². The van der Waals surface area contributed by atoms with E-state index in [2.05, 4.69) is 39.8 Å². The first-order valence-corrected chi connectivity index (χ1v) is 7.08. The van der Waals surface area contributed by atoms with Crippen molar-refractivity contribution in [2.24, 2.45) is 5.73 Å². The Morgan fingerprint density at radius 2 is 1.74 bits per heavy atom. The number of rotatable bonds is 8. The van der Waals surface area contributed by atoms with Gasteiger partial charge in [0.1, 0.15) is 5.75 Å². The molecule has 2 N–H and O–H groups in total. The van der Waals surface area contributed by atoms with Gasteiger partial charge in [0.15, 0.2) is 0 Å². The third-order valence-electron chi connectivity index (χ3n) is 3.14. The summed E-state index contributed by atoms with van der Waals surface area (Å²) >= 11 is 0. The summed E-state index contributed by atoms with van der Waals surface area (Å²) in [5.74, 6) is 1.01. The van der Waals surface area contributed by atoms with Crippen LogP contribution in [0.1, 0.15) is 36.5 Å². The van der Waals surface area contributed by atoms with Gasteiger partial charge in [-0.15, -0.1) is 0 Å². The molecule has 0 aliphatic rings. The average Bonchev–Trinajstić information content (AvgIpc) is 2.35. The zero-order valence-corrected chi connectivity index (χ0v) is 12.7. The van der Waals surface area contributed by atoms with Gasteiger partial charge >= 0.3 is 0 Å². The first-order valence-electron chi connectivity index (χ1n) is 7.08. The molecule has 0 saturated heterocycles. The highest BCUT2D eigenvalue weighted by Crippen LogP contribution is 2.24. The van der Waals surface area contributed by atoms with Crippen LogP contribution >= 0.6 is 0 Å². The fourth-order valence-electron chi connectivity index (χ4n) is 2.08. The van der Waals surface area contributed by atoms with E-state index >= 15 is 0 Å². The molecule has 3 nitrogen and oxygen atoms in total. The summed E-state index contributed by atoms with van der Waals surface area (Å²) in [4.78, 5) is 0. The number of ether oxygens (including phenoxy) is 2. The standard InChI is InChI=1S/C16H27NO2/c1-5-15(17)11-18-7-6-8-19-16-13(3)9-12(2)10-14(16)4/h9-10,15H,5-8,11,17H2,1-4H3. The molecule has 0 spiro atoms. The van der Waals surface area contributed by atoms with Crippen LogP contribution in [-0.2, 0) is 4.74 Å². The molecular weight excluding hydrogens is 238 g/mol. The molecule has 0 bridgehead atoms. The van der Waals surface area contributed by atoms with Gasteiger partial charge in [-0.2, -0.15) is 0 Å². The Hall–Kier alpha value is -1.06. The minimum Gasteiger partial charge on any atom is -0.493 e. The summed E-state index contributed by atoms with van der Waals surface area (Å²) in [6.07, 6.45) is 1.85. The monoisotopic (exact) mass is 265 g/mol. The molecule has 1 aromatic rings. The molecule has 0 amide bonds. The molecule has 3 heteroatoms. The Kier molecular flexibility index (Phi) is 6.89. The lowest BCUT2D eigenvalue weighted by Crippen LogP contribution is -2.25. The molecule has 1 unspecified atom stereocenters. The lowest BCUT2D eigenvalue weighted by Gasteiger charge is -2.13. The summed E-state index contributed by atoms with van der Waals surface area (Å²) in [5, 5.41) is 0. The summed E-state index contributed by atoms with van der Waals surface area (Å²) in [6.45, 7) is 10.4. The topological polar surface area (TPSA) is 44.5 Å². The highest BCUT2D eigenvalue weighted by atomic mass is 16.5. The molecule has 108 valence electrons. The normalized spacial score (nSPS) is 12.5. The average molecular weight is 265 g/mol. The SMILES string of the molecule is CCC(N)COCCCOc1c(C)cc(C)cc1C. The fraction of sp³-hybridized carbons (Fsp3) is 0.625. The van der Waals surface area contributed by atoms with E-state index in [0.29, 0.717) is 19.8 Å². The van der Waals surface area contributed by atoms with Crippen LogP contribution in [0.2, 0.25) is 0 Å². The Balaban J connectivity index is 2.26. The van der Waals surface area contributed by atoms with E-state index < -0.39 is 0 Å². The quantitative estimate of drug-likeness (QED) is 0.734. The molecule has 0 saturated carbocycles. The minimum atomic E-state index is 0.155. The molecule has 0 fully saturated rings. The Labute approximate surface area is 117 Å². The van der Waals surface area contributed by atoms with Gasteiger partial charge in [-0.1, -0.05) is 24.6 Å². The lowest BCUT2D eigenvalue weighted by atomic mass is 10.1. The number of nitrogens with two attached hydrogens (primary N) is 1. The first-order chi connectivity index (χ1) is 9.04. The predicted molar refractivity (Wildman–Crippen MR) is 79.9 cm³/mol. The van der Waals surface area contributed by atoms with Gasteiger partial charge in [-0.05, 0) is 38.3 Å². The maximum absolute atomic E-state index is 5.84. The molecule has 0 radical (unpaired) electrons. The number of benzene rings is 1. The lowest BCUT2D eigenvalue weighted by molar-refractivity contribution is 0.107. The molecule has 1 aromatic carbocycles. The maximum Gasteiger partial charge on any atom is 0.125 e. The third kappa shape index (κ3) is 5.62. The van der Waals surface area contributed by atoms with Crippen molar-refractivity contribution < 1.29 is 9.47 Å². The highest BCUT2D eigenvalue weighted by molar-refractivity contribution is 5.42. The minimum absolute atomic E-state index is 0.155. The molecule has 1 rings (SSSR count). The number of aryl methyl sites for hydroxylation is 3. The predicted octanol–water partition coefficient (Wildman–Crippen LogP) is 3.13. The highest BCUT2D eigenvalue weighted by Gasteiger charge is 2.05. The Bertz CT molecular complexity index is 367. The van der Waals surface area contributed by atoms with E-state index in [1.54, 1.807) is 0 Å². The second-order valence-corrected chi connectivity index (χ2v) is 5.17. The Morgan fingerprint density at radius 3 is 2.32 bits per heavy atom. The molecule has 0 aliphatic heterocycles. The van der Waals surface area contributed by atoms with Crippen LogP contribution in [0.4, 0.5) is 0 Å². The summed E-state index contributed by atoms with van der Waals surface area (Å²) in [5.41, 5.74) is 9.45. The van der Waals surface area contributed by atoms with Gasteiger partial charge < -0.3 is 15.2 Å². The van der Waals surface area contributed by atoms with Gasteiger partial charge in [0.2, 0.25) is 0 Å². The Morgan fingerprint density at radius 1 is 1.11 bits per heavy atom. The molecule has 0 aromatic heterocycles. The smallest absolute Gasteiger partial charge is 0.125 e. The van der Waals surface area contributed by atoms with Gasteiger partial charge in [0, 0.05) is 19.1 Å². The van der Waals surface area contributed by atoms with Gasteiger partial charge in [0.05, 0.1) is 13.2 Å². The van der Waals surface area contributed by atoms with E-state index in [1.807, 2.05) is 0 Å². The third-order valence-corrected chi connectivity index (χ3v) is 3.14. The second-order valence-electron chi connectivity index (χ2n) is 5.17. The maximum atomic E-state index is 5.84. The van der Waals surface area contributed by atoms with Crippen molar-refractivity contribution in [2.75, 3.05) is 19.8 Å². The number of hydrogen-bond acceptors (Lipinski definition) is 3. The van der Waals surface area contributed by atoms with Crippen molar-refractivity contribution in [3.63, 3.8) is 0 Å². The van der Waals surface area contributed by atoms with E-state index in [4.69, 9.17) is 15.2 Å². The van der Waals surface area contributed by atoms with E-state index in [0.717, 1.165) is 18.6 Å². The fourth-order valence-corrected chi connectivity index (χ4v) is 2.08. The van der Waals surface area contributed by atoms with E-state index in [-0.39, 0.29) is 6.04 Å². The summed E-state index contributed by atoms with van der Waals surface area (Å²) in [7, 11) is 0.